The van der Waals surface area contributed by atoms with Crippen LogP contribution in [0.3, 0.4) is 0 Å². The van der Waals surface area contributed by atoms with Gasteiger partial charge in [0.1, 0.15) is 5.75 Å². The molecule has 26 heavy (non-hydrogen) atoms. The van der Waals surface area contributed by atoms with Crippen molar-refractivity contribution in [3.8, 4) is 5.75 Å². The maximum atomic E-state index is 13.1. The van der Waals surface area contributed by atoms with E-state index >= 15 is 0 Å². The minimum atomic E-state index is -3.91. The van der Waals surface area contributed by atoms with Crippen molar-refractivity contribution in [2.45, 2.75) is 25.0 Å². The normalized spacial score (nSPS) is 12.1. The van der Waals surface area contributed by atoms with Crippen molar-refractivity contribution in [3.63, 3.8) is 0 Å². The van der Waals surface area contributed by atoms with Gasteiger partial charge in [-0.1, -0.05) is 17.7 Å². The van der Waals surface area contributed by atoms with Crippen molar-refractivity contribution >= 4 is 36.9 Å². The predicted octanol–water partition coefficient (Wildman–Crippen LogP) is 4.01. The second kappa shape index (κ2) is 6.98. The van der Waals surface area contributed by atoms with Gasteiger partial charge in [0.05, 0.1) is 14.9 Å². The van der Waals surface area contributed by atoms with Gasteiger partial charge in [0.25, 0.3) is 10.0 Å². The van der Waals surface area contributed by atoms with Crippen LogP contribution >= 0.6 is 15.9 Å². The van der Waals surface area contributed by atoms with Crippen LogP contribution in [0.2, 0.25) is 0 Å². The van der Waals surface area contributed by atoms with Crippen LogP contribution in [0.1, 0.15) is 11.3 Å². The summed E-state index contributed by atoms with van der Waals surface area (Å²) in [5.41, 5.74) is 7.30. The number of aryl methyl sites for hydroxylation is 1. The molecule has 0 atom stereocenters. The minimum Gasteiger partial charge on any atom is -0.434 e. The third-order valence-corrected chi connectivity index (χ3v) is 6.27. The third kappa shape index (κ3) is 3.34. The summed E-state index contributed by atoms with van der Waals surface area (Å²) in [5.74, 6) is -0.0824. The van der Waals surface area contributed by atoms with Crippen LogP contribution in [0.4, 0.5) is 8.78 Å². The molecule has 5 nitrogen and oxygen atoms in total. The lowest BCUT2D eigenvalue weighted by atomic mass is 10.2. The molecule has 138 valence electrons. The van der Waals surface area contributed by atoms with E-state index in [1.54, 1.807) is 18.2 Å². The lowest BCUT2D eigenvalue weighted by Crippen LogP contribution is -2.17. The van der Waals surface area contributed by atoms with Crippen LogP contribution in [0, 0.1) is 6.92 Å². The van der Waals surface area contributed by atoms with Crippen LogP contribution in [0.5, 0.6) is 5.75 Å². The summed E-state index contributed by atoms with van der Waals surface area (Å²) in [5, 5.41) is 0.431. The zero-order chi connectivity index (χ0) is 19.1. The lowest BCUT2D eigenvalue weighted by Gasteiger charge is -2.12. The second-order valence-electron chi connectivity index (χ2n) is 5.64. The molecule has 0 aliphatic carbocycles. The smallest absolute Gasteiger partial charge is 0.387 e. The van der Waals surface area contributed by atoms with Gasteiger partial charge in [-0.05, 0) is 53.2 Å². The van der Waals surface area contributed by atoms with Gasteiger partial charge in [-0.2, -0.15) is 8.78 Å². The molecule has 0 spiro atoms. The van der Waals surface area contributed by atoms with E-state index in [9.17, 15) is 17.2 Å². The van der Waals surface area contributed by atoms with Crippen molar-refractivity contribution in [2.75, 3.05) is 0 Å². The average molecular weight is 445 g/mol. The summed E-state index contributed by atoms with van der Waals surface area (Å²) >= 11 is 3.15. The molecule has 0 radical (unpaired) electrons. The summed E-state index contributed by atoms with van der Waals surface area (Å²) < 4.78 is 57.1. The number of fused-ring (bicyclic) bond motifs is 1. The number of hydrogen-bond donors (Lipinski definition) is 1. The molecule has 1 heterocycles. The van der Waals surface area contributed by atoms with Crippen LogP contribution in [-0.4, -0.2) is 19.0 Å². The van der Waals surface area contributed by atoms with Gasteiger partial charge in [-0.3, -0.25) is 0 Å². The minimum absolute atomic E-state index is 0.0393. The molecule has 2 N–H and O–H groups in total. The molecule has 0 saturated carbocycles. The van der Waals surface area contributed by atoms with E-state index < -0.39 is 16.6 Å². The van der Waals surface area contributed by atoms with Crippen LogP contribution < -0.4 is 10.5 Å². The van der Waals surface area contributed by atoms with E-state index in [2.05, 4.69) is 20.7 Å². The fraction of sp³-hybridized carbons (Fsp3) is 0.176. The molecule has 0 bridgehead atoms. The molecule has 3 rings (SSSR count). The fourth-order valence-electron chi connectivity index (χ4n) is 2.67. The largest absolute Gasteiger partial charge is 0.434 e. The molecule has 0 aliphatic heterocycles. The highest BCUT2D eigenvalue weighted by molar-refractivity contribution is 9.10. The van der Waals surface area contributed by atoms with Crippen molar-refractivity contribution in [1.29, 1.82) is 0 Å². The number of ether oxygens (including phenoxy) is 1. The maximum absolute atomic E-state index is 13.1. The Morgan fingerprint density at radius 3 is 2.42 bits per heavy atom. The number of aromatic nitrogens is 1. The first-order valence-electron chi connectivity index (χ1n) is 7.55. The van der Waals surface area contributed by atoms with E-state index in [1.165, 1.54) is 24.3 Å². The van der Waals surface area contributed by atoms with Crippen molar-refractivity contribution < 1.29 is 21.9 Å². The Labute approximate surface area is 157 Å². The van der Waals surface area contributed by atoms with E-state index in [4.69, 9.17) is 5.73 Å². The zero-order valence-corrected chi connectivity index (χ0v) is 16.0. The number of alkyl halides is 2. The second-order valence-corrected chi connectivity index (χ2v) is 8.28. The zero-order valence-electron chi connectivity index (χ0n) is 13.6. The van der Waals surface area contributed by atoms with E-state index in [1.807, 2.05) is 6.92 Å². The summed E-state index contributed by atoms with van der Waals surface area (Å²) in [7, 11) is -3.91. The van der Waals surface area contributed by atoms with Crippen LogP contribution in [0.25, 0.3) is 10.9 Å². The highest BCUT2D eigenvalue weighted by atomic mass is 79.9. The molecule has 0 saturated heterocycles. The van der Waals surface area contributed by atoms with Gasteiger partial charge in [0.15, 0.2) is 0 Å². The summed E-state index contributed by atoms with van der Waals surface area (Å²) in [6, 6.07) is 10.8. The van der Waals surface area contributed by atoms with Crippen molar-refractivity contribution in [3.05, 3.63) is 58.2 Å². The first-order chi connectivity index (χ1) is 12.2. The fourth-order valence-corrected chi connectivity index (χ4v) is 4.64. The van der Waals surface area contributed by atoms with Crippen LogP contribution in [0.15, 0.2) is 51.8 Å². The van der Waals surface area contributed by atoms with Gasteiger partial charge < -0.3 is 10.5 Å². The standard InChI is InChI=1S/C17H15BrF2N2O3S/c1-10-2-4-13(5-3-10)26(23,24)22-12(9-21)6-11-7-16(25-17(19)20)14(18)8-15(11)22/h2-8,17H,9,21H2,1H3. The summed E-state index contributed by atoms with van der Waals surface area (Å²) in [4.78, 5) is 0.110. The maximum Gasteiger partial charge on any atom is 0.387 e. The van der Waals surface area contributed by atoms with E-state index in [0.29, 0.717) is 16.6 Å². The predicted molar refractivity (Wildman–Crippen MR) is 97.9 cm³/mol. The molecular formula is C17H15BrF2N2O3S. The highest BCUT2D eigenvalue weighted by Crippen LogP contribution is 2.35. The van der Waals surface area contributed by atoms with Gasteiger partial charge in [0.2, 0.25) is 0 Å². The first-order valence-corrected chi connectivity index (χ1v) is 9.78. The van der Waals surface area contributed by atoms with Gasteiger partial charge in [-0.15, -0.1) is 0 Å². The molecule has 0 amide bonds. The molecule has 2 aromatic carbocycles. The average Bonchev–Trinajstić information content (AvgIpc) is 2.93. The molecule has 0 fully saturated rings. The molecule has 0 aliphatic rings. The Bertz CT molecular complexity index is 1060. The summed E-state index contributed by atoms with van der Waals surface area (Å²) in [6.07, 6.45) is 0. The van der Waals surface area contributed by atoms with E-state index in [0.717, 1.165) is 9.54 Å². The SMILES string of the molecule is Cc1ccc(S(=O)(=O)n2c(CN)cc3cc(OC(F)F)c(Br)cc32)cc1. The molecule has 9 heteroatoms. The quantitative estimate of drug-likeness (QED) is 0.644. The Morgan fingerprint density at radius 1 is 1.19 bits per heavy atom. The lowest BCUT2D eigenvalue weighted by molar-refractivity contribution is -0.0502. The number of nitrogens with zero attached hydrogens (tertiary/aromatic N) is 1. The van der Waals surface area contributed by atoms with Crippen LogP contribution in [-0.2, 0) is 16.6 Å². The Kier molecular flexibility index (Phi) is 5.05. The molecule has 3 aromatic rings. The number of halogens is 3. The van der Waals surface area contributed by atoms with E-state index in [-0.39, 0.29) is 21.7 Å². The monoisotopic (exact) mass is 444 g/mol. The van der Waals surface area contributed by atoms with Gasteiger partial charge in [0, 0.05) is 17.6 Å². The summed E-state index contributed by atoms with van der Waals surface area (Å²) in [6.45, 7) is -1.17. The Morgan fingerprint density at radius 2 is 1.85 bits per heavy atom. The molecular weight excluding hydrogens is 430 g/mol. The topological polar surface area (TPSA) is 74.3 Å². The number of rotatable bonds is 5. The number of benzene rings is 2. The Hall–Kier alpha value is -1.97. The number of nitrogens with two attached hydrogens (primary N) is 1. The van der Waals surface area contributed by atoms with Gasteiger partial charge >= 0.3 is 6.61 Å². The molecule has 0 unspecified atom stereocenters. The third-order valence-electron chi connectivity index (χ3n) is 3.87. The van der Waals surface area contributed by atoms with Crippen molar-refractivity contribution in [2.24, 2.45) is 5.73 Å². The van der Waals surface area contributed by atoms with Gasteiger partial charge in [-0.25, -0.2) is 12.4 Å². The van der Waals surface area contributed by atoms with Crippen molar-refractivity contribution in [1.82, 2.24) is 3.97 Å². The highest BCUT2D eigenvalue weighted by Gasteiger charge is 2.24. The molecule has 1 aromatic heterocycles. The first kappa shape index (κ1) is 18.8. The number of hydrogen-bond acceptors (Lipinski definition) is 4. The Balaban J connectivity index is 2.24.